The van der Waals surface area contributed by atoms with Gasteiger partial charge in [-0.3, -0.25) is 0 Å². The van der Waals surface area contributed by atoms with E-state index in [9.17, 15) is 4.79 Å². The van der Waals surface area contributed by atoms with Gasteiger partial charge in [-0.1, -0.05) is 76.2 Å². The average molecular weight is 304 g/mol. The van der Waals surface area contributed by atoms with E-state index in [2.05, 4.69) is 58.5 Å². The molecule has 0 saturated heterocycles. The maximum absolute atomic E-state index is 11.1. The summed E-state index contributed by atoms with van der Waals surface area (Å²) >= 11 is 0. The second-order valence-corrected chi connectivity index (χ2v) is 7.32. The number of methoxy groups -OCH3 is 1. The molecular formula is C18H41NO2. The zero-order valence-electron chi connectivity index (χ0n) is 16.7. The van der Waals surface area contributed by atoms with Crippen LogP contribution >= 0.6 is 0 Å². The van der Waals surface area contributed by atoms with Crippen molar-refractivity contribution in [1.29, 1.82) is 0 Å². The first-order chi connectivity index (χ1) is 9.41. The summed E-state index contributed by atoms with van der Waals surface area (Å²) in [5.74, 6) is 0. The molecule has 3 heteroatoms. The van der Waals surface area contributed by atoms with E-state index in [0.717, 1.165) is 6.42 Å². The van der Waals surface area contributed by atoms with Gasteiger partial charge in [0.1, 0.15) is 0 Å². The van der Waals surface area contributed by atoms with Crippen LogP contribution in [0.3, 0.4) is 0 Å². The Morgan fingerprint density at radius 3 is 1.57 bits per heavy atom. The molecule has 0 aromatic rings. The number of hydrogen-bond acceptors (Lipinski definition) is 2. The van der Waals surface area contributed by atoms with Crippen LogP contribution in [0.25, 0.3) is 0 Å². The molecule has 0 aliphatic heterocycles. The van der Waals surface area contributed by atoms with Gasteiger partial charge in [-0.25, -0.2) is 4.79 Å². The van der Waals surface area contributed by atoms with E-state index >= 15 is 0 Å². The molecule has 0 aromatic heterocycles. The van der Waals surface area contributed by atoms with Crippen molar-refractivity contribution in [1.82, 2.24) is 5.32 Å². The SMILES string of the molecule is CC.CC.COC(=O)NCC(C)(C)CC(C)(C)C(C)(C)C. The van der Waals surface area contributed by atoms with Crippen molar-refractivity contribution in [3.63, 3.8) is 0 Å². The normalized spacial score (nSPS) is 11.4. The van der Waals surface area contributed by atoms with E-state index in [1.807, 2.05) is 27.7 Å². The molecule has 0 aliphatic rings. The molecule has 1 N–H and O–H groups in total. The number of hydrogen-bond donors (Lipinski definition) is 1. The third kappa shape index (κ3) is 11.6. The van der Waals surface area contributed by atoms with E-state index < -0.39 is 0 Å². The van der Waals surface area contributed by atoms with Crippen molar-refractivity contribution < 1.29 is 9.53 Å². The lowest BCUT2D eigenvalue weighted by Crippen LogP contribution is -2.40. The molecule has 1 amide bonds. The summed E-state index contributed by atoms with van der Waals surface area (Å²) in [5.41, 5.74) is 0.523. The Morgan fingerprint density at radius 2 is 1.29 bits per heavy atom. The molecule has 0 radical (unpaired) electrons. The molecule has 0 bridgehead atoms. The Hall–Kier alpha value is -0.730. The molecule has 130 valence electrons. The molecule has 3 nitrogen and oxygen atoms in total. The number of carbonyl (C=O) groups excluding carboxylic acids is 1. The fraction of sp³-hybridized carbons (Fsp3) is 0.944. The minimum atomic E-state index is -0.355. The zero-order chi connectivity index (χ0) is 17.9. The summed E-state index contributed by atoms with van der Waals surface area (Å²) < 4.78 is 4.59. The first kappa shape index (κ1) is 25.2. The maximum Gasteiger partial charge on any atom is 0.406 e. The summed E-state index contributed by atoms with van der Waals surface area (Å²) in [7, 11) is 1.39. The highest BCUT2D eigenvalue weighted by Crippen LogP contribution is 2.45. The summed E-state index contributed by atoms with van der Waals surface area (Å²) in [5, 5.41) is 2.79. The summed E-state index contributed by atoms with van der Waals surface area (Å²) in [6, 6.07) is 0. The van der Waals surface area contributed by atoms with Crippen molar-refractivity contribution in [2.45, 2.75) is 82.6 Å². The number of nitrogens with one attached hydrogen (secondary N) is 1. The van der Waals surface area contributed by atoms with E-state index in [0.29, 0.717) is 6.54 Å². The average Bonchev–Trinajstić information content (AvgIpc) is 2.38. The Kier molecular flexibility index (Phi) is 13.1. The lowest BCUT2D eigenvalue weighted by molar-refractivity contribution is 0.0662. The minimum Gasteiger partial charge on any atom is -0.453 e. The Labute approximate surface area is 134 Å². The van der Waals surface area contributed by atoms with E-state index in [1.54, 1.807) is 0 Å². The first-order valence-electron chi connectivity index (χ1n) is 8.23. The van der Waals surface area contributed by atoms with E-state index in [4.69, 9.17) is 0 Å². The van der Waals surface area contributed by atoms with Gasteiger partial charge in [0.25, 0.3) is 0 Å². The minimum absolute atomic E-state index is 0.0605. The lowest BCUT2D eigenvalue weighted by atomic mass is 9.62. The molecule has 0 unspecified atom stereocenters. The molecule has 0 heterocycles. The van der Waals surface area contributed by atoms with Crippen molar-refractivity contribution in [2.24, 2.45) is 16.2 Å². The monoisotopic (exact) mass is 303 g/mol. The van der Waals surface area contributed by atoms with E-state index in [-0.39, 0.29) is 22.3 Å². The first-order valence-corrected chi connectivity index (χ1v) is 8.23. The highest BCUT2D eigenvalue weighted by Gasteiger charge is 2.37. The number of amides is 1. The quantitative estimate of drug-likeness (QED) is 0.704. The Morgan fingerprint density at radius 1 is 0.905 bits per heavy atom. The van der Waals surface area contributed by atoms with Gasteiger partial charge in [-0.05, 0) is 22.7 Å². The van der Waals surface area contributed by atoms with Crippen LogP contribution in [0.15, 0.2) is 0 Å². The van der Waals surface area contributed by atoms with Gasteiger partial charge in [0, 0.05) is 6.54 Å². The molecule has 0 aliphatic carbocycles. The Balaban J connectivity index is -0.000000739. The predicted octanol–water partition coefficient (Wildman–Crippen LogP) is 5.88. The smallest absolute Gasteiger partial charge is 0.406 e. The van der Waals surface area contributed by atoms with Crippen LogP contribution in [0.5, 0.6) is 0 Å². The second kappa shape index (κ2) is 10.9. The van der Waals surface area contributed by atoms with Gasteiger partial charge in [0.05, 0.1) is 7.11 Å². The van der Waals surface area contributed by atoms with Crippen LogP contribution in [-0.2, 0) is 4.74 Å². The molecule has 0 rings (SSSR count). The molecule has 21 heavy (non-hydrogen) atoms. The maximum atomic E-state index is 11.1. The summed E-state index contributed by atoms with van der Waals surface area (Å²) in [6.07, 6.45) is 0.694. The van der Waals surface area contributed by atoms with Crippen LogP contribution in [0, 0.1) is 16.2 Å². The molecule has 0 atom stereocenters. The van der Waals surface area contributed by atoms with Crippen LogP contribution in [0.2, 0.25) is 0 Å². The largest absolute Gasteiger partial charge is 0.453 e. The molecule has 0 fully saturated rings. The summed E-state index contributed by atoms with van der Waals surface area (Å²) in [4.78, 5) is 11.1. The van der Waals surface area contributed by atoms with E-state index in [1.165, 1.54) is 7.11 Å². The fourth-order valence-electron chi connectivity index (χ4n) is 1.91. The zero-order valence-corrected chi connectivity index (χ0v) is 16.7. The number of ether oxygens (including phenoxy) is 1. The number of carbonyl (C=O) groups is 1. The van der Waals surface area contributed by atoms with Gasteiger partial charge >= 0.3 is 6.09 Å². The second-order valence-electron chi connectivity index (χ2n) is 7.32. The van der Waals surface area contributed by atoms with Gasteiger partial charge in [0.2, 0.25) is 0 Å². The molecular weight excluding hydrogens is 262 g/mol. The predicted molar refractivity (Wildman–Crippen MR) is 94.7 cm³/mol. The van der Waals surface area contributed by atoms with Gasteiger partial charge < -0.3 is 10.1 Å². The fourth-order valence-corrected chi connectivity index (χ4v) is 1.91. The molecule has 0 saturated carbocycles. The molecule has 0 spiro atoms. The van der Waals surface area contributed by atoms with Crippen LogP contribution < -0.4 is 5.32 Å². The van der Waals surface area contributed by atoms with Crippen LogP contribution in [-0.4, -0.2) is 19.7 Å². The van der Waals surface area contributed by atoms with Crippen molar-refractivity contribution in [2.75, 3.05) is 13.7 Å². The van der Waals surface area contributed by atoms with Crippen LogP contribution in [0.1, 0.15) is 82.6 Å². The van der Waals surface area contributed by atoms with Gasteiger partial charge in [0.15, 0.2) is 0 Å². The van der Waals surface area contributed by atoms with Gasteiger partial charge in [-0.2, -0.15) is 0 Å². The van der Waals surface area contributed by atoms with Crippen molar-refractivity contribution >= 4 is 6.09 Å². The summed E-state index contributed by atoms with van der Waals surface area (Å²) in [6.45, 7) is 24.3. The highest BCUT2D eigenvalue weighted by molar-refractivity contribution is 5.66. The standard InChI is InChI=1S/C14H29NO2.2C2H6/c1-12(2,3)14(6,7)9-13(4,5)10-15-11(16)17-8;2*1-2/h9-10H2,1-8H3,(H,15,16);2*1-2H3. The van der Waals surface area contributed by atoms with Gasteiger partial charge in [-0.15, -0.1) is 0 Å². The third-order valence-electron chi connectivity index (χ3n) is 3.85. The molecule has 0 aromatic carbocycles. The lowest BCUT2D eigenvalue weighted by Gasteiger charge is -2.44. The number of alkyl carbamates (subject to hydrolysis) is 1. The van der Waals surface area contributed by atoms with Crippen molar-refractivity contribution in [3.05, 3.63) is 0 Å². The third-order valence-corrected chi connectivity index (χ3v) is 3.85. The van der Waals surface area contributed by atoms with Crippen molar-refractivity contribution in [3.8, 4) is 0 Å². The Bertz CT molecular complexity index is 263. The topological polar surface area (TPSA) is 38.3 Å². The highest BCUT2D eigenvalue weighted by atomic mass is 16.5. The van der Waals surface area contributed by atoms with Crippen LogP contribution in [0.4, 0.5) is 4.79 Å². The number of rotatable bonds is 4.